The van der Waals surface area contributed by atoms with Crippen molar-refractivity contribution in [1.29, 1.82) is 0 Å². The van der Waals surface area contributed by atoms with E-state index in [0.717, 1.165) is 6.42 Å². The number of nitrogens with one attached hydrogen (secondary N) is 1. The van der Waals surface area contributed by atoms with Crippen molar-refractivity contribution < 1.29 is 0 Å². The standard InChI is InChI=1S/C7H19N4/c1-9-6(8)5-7(10-2)11(3)4/h6-7,10H,5,8H2,1-4H3. The molecule has 0 aromatic heterocycles. The quantitative estimate of drug-likeness (QED) is 0.506. The molecule has 3 N–H and O–H groups in total. The van der Waals surface area contributed by atoms with Gasteiger partial charge in [0.1, 0.15) is 0 Å². The van der Waals surface area contributed by atoms with Crippen LogP contribution in [-0.4, -0.2) is 45.4 Å². The molecule has 0 aromatic rings. The van der Waals surface area contributed by atoms with E-state index in [0.29, 0.717) is 6.17 Å². The SMILES string of the molecule is C[N]C(N)CC(NC)N(C)C. The van der Waals surface area contributed by atoms with Crippen LogP contribution >= 0.6 is 0 Å². The Balaban J connectivity index is 3.68. The van der Waals surface area contributed by atoms with Gasteiger partial charge in [0.25, 0.3) is 0 Å². The minimum absolute atomic E-state index is 0.0603. The lowest BCUT2D eigenvalue weighted by Gasteiger charge is -2.25. The van der Waals surface area contributed by atoms with Crippen LogP contribution in [0.5, 0.6) is 0 Å². The smallest absolute Gasteiger partial charge is 0.0735 e. The van der Waals surface area contributed by atoms with Crippen molar-refractivity contribution in [2.75, 3.05) is 28.2 Å². The lowest BCUT2D eigenvalue weighted by Crippen LogP contribution is -2.45. The molecule has 0 heterocycles. The molecule has 0 aliphatic heterocycles. The first-order chi connectivity index (χ1) is 5.11. The summed E-state index contributed by atoms with van der Waals surface area (Å²) in [6.07, 6.45) is 1.10. The third-order valence-corrected chi connectivity index (χ3v) is 1.75. The maximum Gasteiger partial charge on any atom is 0.0735 e. The number of rotatable bonds is 5. The molecule has 0 saturated carbocycles. The van der Waals surface area contributed by atoms with E-state index < -0.39 is 0 Å². The zero-order chi connectivity index (χ0) is 8.85. The molecule has 0 amide bonds. The number of nitrogens with zero attached hydrogens (tertiary/aromatic N) is 2. The van der Waals surface area contributed by atoms with E-state index in [4.69, 9.17) is 5.73 Å². The molecule has 0 saturated heterocycles. The van der Waals surface area contributed by atoms with Gasteiger partial charge in [-0.05, 0) is 21.1 Å². The summed E-state index contributed by atoms with van der Waals surface area (Å²) in [7, 11) is 7.70. The number of hydrogen-bond acceptors (Lipinski definition) is 3. The van der Waals surface area contributed by atoms with Crippen LogP contribution < -0.4 is 16.4 Å². The van der Waals surface area contributed by atoms with Crippen molar-refractivity contribution in [1.82, 2.24) is 15.5 Å². The Bertz CT molecular complexity index is 94.4. The lowest BCUT2D eigenvalue weighted by atomic mass is 10.2. The average molecular weight is 159 g/mol. The topological polar surface area (TPSA) is 55.4 Å². The van der Waals surface area contributed by atoms with E-state index in [1.165, 1.54) is 0 Å². The summed E-state index contributed by atoms with van der Waals surface area (Å²) in [6.45, 7) is 0. The van der Waals surface area contributed by atoms with Gasteiger partial charge in [0.15, 0.2) is 0 Å². The molecule has 0 aliphatic carbocycles. The van der Waals surface area contributed by atoms with Crippen LogP contribution in [0.15, 0.2) is 0 Å². The molecule has 67 valence electrons. The van der Waals surface area contributed by atoms with Gasteiger partial charge >= 0.3 is 0 Å². The van der Waals surface area contributed by atoms with E-state index >= 15 is 0 Å². The maximum absolute atomic E-state index is 5.65. The summed E-state index contributed by atoms with van der Waals surface area (Å²) < 4.78 is 0. The van der Waals surface area contributed by atoms with Gasteiger partial charge in [-0.3, -0.25) is 4.90 Å². The Morgan fingerprint density at radius 2 is 2.09 bits per heavy atom. The lowest BCUT2D eigenvalue weighted by molar-refractivity contribution is 0.225. The van der Waals surface area contributed by atoms with Crippen molar-refractivity contribution in [3.63, 3.8) is 0 Å². The van der Waals surface area contributed by atoms with Crippen molar-refractivity contribution in [2.24, 2.45) is 5.73 Å². The van der Waals surface area contributed by atoms with Crippen LogP contribution in [0.3, 0.4) is 0 Å². The first-order valence-electron chi connectivity index (χ1n) is 3.80. The van der Waals surface area contributed by atoms with Gasteiger partial charge in [-0.15, -0.1) is 0 Å². The van der Waals surface area contributed by atoms with Crippen LogP contribution in [0.4, 0.5) is 0 Å². The van der Waals surface area contributed by atoms with Crippen LogP contribution in [-0.2, 0) is 0 Å². The zero-order valence-corrected chi connectivity index (χ0v) is 7.83. The van der Waals surface area contributed by atoms with E-state index in [2.05, 4.69) is 15.5 Å². The highest BCUT2D eigenvalue weighted by Gasteiger charge is 2.11. The van der Waals surface area contributed by atoms with E-state index in [1.807, 2.05) is 21.1 Å². The fraction of sp³-hybridized carbons (Fsp3) is 1.00. The molecule has 1 radical (unpaired) electrons. The van der Waals surface area contributed by atoms with Gasteiger partial charge < -0.3 is 11.1 Å². The predicted molar refractivity (Wildman–Crippen MR) is 47.2 cm³/mol. The molecule has 4 nitrogen and oxygen atoms in total. The minimum Gasteiger partial charge on any atom is -0.315 e. The molecule has 0 spiro atoms. The largest absolute Gasteiger partial charge is 0.315 e. The van der Waals surface area contributed by atoms with Gasteiger partial charge in [-0.1, -0.05) is 0 Å². The molecule has 4 heteroatoms. The molecule has 0 rings (SSSR count). The van der Waals surface area contributed by atoms with Crippen molar-refractivity contribution in [3.8, 4) is 0 Å². The maximum atomic E-state index is 5.65. The number of nitrogens with two attached hydrogens (primary N) is 1. The molecule has 2 unspecified atom stereocenters. The van der Waals surface area contributed by atoms with Gasteiger partial charge in [-0.2, -0.15) is 0 Å². The Hall–Kier alpha value is -0.160. The molecule has 0 bridgehead atoms. The zero-order valence-electron chi connectivity index (χ0n) is 7.83. The summed E-state index contributed by atoms with van der Waals surface area (Å²) >= 11 is 0. The molecular weight excluding hydrogens is 140 g/mol. The Morgan fingerprint density at radius 3 is 2.36 bits per heavy atom. The van der Waals surface area contributed by atoms with Gasteiger partial charge in [0.2, 0.25) is 0 Å². The fourth-order valence-electron chi connectivity index (χ4n) is 0.921. The van der Waals surface area contributed by atoms with Gasteiger partial charge in [0, 0.05) is 13.5 Å². The van der Waals surface area contributed by atoms with Crippen LogP contribution in [0.25, 0.3) is 0 Å². The predicted octanol–water partition coefficient (Wildman–Crippen LogP) is -0.997. The summed E-state index contributed by atoms with van der Waals surface area (Å²) in [6, 6.07) is 0. The van der Waals surface area contributed by atoms with Crippen molar-refractivity contribution in [2.45, 2.75) is 18.8 Å². The Morgan fingerprint density at radius 1 is 1.55 bits per heavy atom. The molecular formula is C7H19N4. The Labute approximate surface area is 69.1 Å². The highest BCUT2D eigenvalue weighted by Crippen LogP contribution is 1.96. The second-order valence-electron chi connectivity index (χ2n) is 2.83. The highest BCUT2D eigenvalue weighted by molar-refractivity contribution is 4.67. The van der Waals surface area contributed by atoms with Crippen molar-refractivity contribution in [3.05, 3.63) is 0 Å². The van der Waals surface area contributed by atoms with E-state index in [1.54, 1.807) is 7.05 Å². The van der Waals surface area contributed by atoms with Gasteiger partial charge in [-0.25, -0.2) is 5.32 Å². The first-order valence-corrected chi connectivity index (χ1v) is 3.80. The third kappa shape index (κ3) is 4.31. The van der Waals surface area contributed by atoms with E-state index in [9.17, 15) is 0 Å². The highest BCUT2D eigenvalue weighted by atomic mass is 15.2. The number of hydrogen-bond donors (Lipinski definition) is 2. The first kappa shape index (κ1) is 10.8. The van der Waals surface area contributed by atoms with Crippen LogP contribution in [0, 0.1) is 0 Å². The minimum atomic E-state index is -0.0603. The summed E-state index contributed by atoms with van der Waals surface area (Å²) in [4.78, 5) is 2.09. The fourth-order valence-corrected chi connectivity index (χ4v) is 0.921. The summed E-state index contributed by atoms with van der Waals surface area (Å²) in [5.74, 6) is 0. The molecule has 0 aromatic carbocycles. The molecule has 0 aliphatic rings. The molecule has 0 fully saturated rings. The van der Waals surface area contributed by atoms with Crippen LogP contribution in [0.1, 0.15) is 6.42 Å². The third-order valence-electron chi connectivity index (χ3n) is 1.75. The average Bonchev–Trinajstić information content (AvgIpc) is 1.99. The summed E-state index contributed by atoms with van der Waals surface area (Å²) in [5.41, 5.74) is 5.65. The molecule has 11 heavy (non-hydrogen) atoms. The summed E-state index contributed by atoms with van der Waals surface area (Å²) in [5, 5.41) is 7.12. The van der Waals surface area contributed by atoms with E-state index in [-0.39, 0.29) is 6.17 Å². The second-order valence-corrected chi connectivity index (χ2v) is 2.83. The molecule has 2 atom stereocenters. The second kappa shape index (κ2) is 5.49. The Kier molecular flexibility index (Phi) is 5.41. The monoisotopic (exact) mass is 159 g/mol. The van der Waals surface area contributed by atoms with Crippen LogP contribution in [0.2, 0.25) is 0 Å². The van der Waals surface area contributed by atoms with Crippen molar-refractivity contribution >= 4 is 0 Å². The van der Waals surface area contributed by atoms with Gasteiger partial charge in [0.05, 0.1) is 12.3 Å². The normalized spacial score (nSPS) is 16.9.